The third-order valence-electron chi connectivity index (χ3n) is 3.67. The van der Waals surface area contributed by atoms with Gasteiger partial charge in [-0.2, -0.15) is 0 Å². The van der Waals surface area contributed by atoms with Gasteiger partial charge in [0.15, 0.2) is 11.5 Å². The van der Waals surface area contributed by atoms with Crippen LogP contribution in [0.3, 0.4) is 0 Å². The Morgan fingerprint density at radius 3 is 2.68 bits per heavy atom. The zero-order chi connectivity index (χ0) is 15.7. The fraction of sp³-hybridized carbons (Fsp3) is 0.111. The van der Waals surface area contributed by atoms with Gasteiger partial charge in [0.25, 0.3) is 0 Å². The first-order valence-electron chi connectivity index (χ1n) is 6.89. The lowest BCUT2D eigenvalue weighted by atomic mass is 9.97. The molecule has 22 heavy (non-hydrogen) atoms. The Morgan fingerprint density at radius 2 is 1.86 bits per heavy atom. The van der Waals surface area contributed by atoms with Crippen molar-refractivity contribution in [1.82, 2.24) is 0 Å². The molecule has 0 unspecified atom stereocenters. The summed E-state index contributed by atoms with van der Waals surface area (Å²) in [7, 11) is 0. The lowest BCUT2D eigenvalue weighted by molar-refractivity contribution is 0.0988. The van der Waals surface area contributed by atoms with Gasteiger partial charge in [0.1, 0.15) is 17.6 Å². The Morgan fingerprint density at radius 1 is 1.14 bits per heavy atom. The summed E-state index contributed by atoms with van der Waals surface area (Å²) in [6.07, 6.45) is 1.03. The van der Waals surface area contributed by atoms with Crippen molar-refractivity contribution in [3.05, 3.63) is 75.8 Å². The molecule has 0 radical (unpaired) electrons. The molecule has 0 amide bonds. The van der Waals surface area contributed by atoms with Crippen LogP contribution >= 0.6 is 0 Å². The number of fused-ring (bicyclic) bond motifs is 1. The molecule has 3 aromatic rings. The molecule has 0 bridgehead atoms. The van der Waals surface area contributed by atoms with Crippen molar-refractivity contribution < 1.29 is 14.3 Å². The molecule has 0 saturated heterocycles. The number of carbonyl (C=O) groups is 1. The maximum absolute atomic E-state index is 12.5. The highest BCUT2D eigenvalue weighted by Crippen LogP contribution is 2.20. The van der Waals surface area contributed by atoms with Crippen molar-refractivity contribution in [3.8, 4) is 5.75 Å². The number of hydrogen-bond donors (Lipinski definition) is 1. The first-order valence-corrected chi connectivity index (χ1v) is 6.89. The van der Waals surface area contributed by atoms with E-state index in [-0.39, 0.29) is 23.5 Å². The Kier molecular flexibility index (Phi) is 3.51. The summed E-state index contributed by atoms with van der Waals surface area (Å²) in [5, 5.41) is 11.5. The van der Waals surface area contributed by atoms with Crippen LogP contribution in [0.1, 0.15) is 21.7 Å². The van der Waals surface area contributed by atoms with E-state index < -0.39 is 11.2 Å². The molecule has 1 heterocycles. The standard InChI is InChI=1S/C18H14O4/c1-11-17(18(21)16(20)10-22-11)15(19)9-13-7-4-6-12-5-2-3-8-14(12)13/h2-8,10,20H,9H2,1H3. The molecule has 0 spiro atoms. The van der Waals surface area contributed by atoms with E-state index in [9.17, 15) is 14.7 Å². The summed E-state index contributed by atoms with van der Waals surface area (Å²) >= 11 is 0. The van der Waals surface area contributed by atoms with E-state index in [2.05, 4.69) is 0 Å². The second-order valence-corrected chi connectivity index (χ2v) is 5.12. The van der Waals surface area contributed by atoms with E-state index in [0.717, 1.165) is 22.6 Å². The summed E-state index contributed by atoms with van der Waals surface area (Å²) in [4.78, 5) is 24.4. The molecule has 0 fully saturated rings. The molecule has 0 aliphatic carbocycles. The third kappa shape index (κ3) is 2.39. The molecule has 2 aromatic carbocycles. The van der Waals surface area contributed by atoms with Crippen LogP contribution in [0.15, 0.2) is 57.9 Å². The average molecular weight is 294 g/mol. The molecule has 4 heteroatoms. The van der Waals surface area contributed by atoms with Crippen LogP contribution in [0, 0.1) is 6.92 Å². The highest BCUT2D eigenvalue weighted by Gasteiger charge is 2.19. The van der Waals surface area contributed by atoms with E-state index in [1.54, 1.807) is 0 Å². The SMILES string of the molecule is Cc1occ(O)c(=O)c1C(=O)Cc1cccc2ccccc12. The quantitative estimate of drug-likeness (QED) is 0.753. The van der Waals surface area contributed by atoms with Gasteiger partial charge in [0.05, 0.1) is 0 Å². The van der Waals surface area contributed by atoms with Crippen LogP contribution in [0.2, 0.25) is 0 Å². The fourth-order valence-corrected chi connectivity index (χ4v) is 2.58. The first-order chi connectivity index (χ1) is 10.6. The van der Waals surface area contributed by atoms with E-state index in [1.165, 1.54) is 6.92 Å². The van der Waals surface area contributed by atoms with Gasteiger partial charge in [0.2, 0.25) is 5.43 Å². The van der Waals surface area contributed by atoms with Crippen molar-refractivity contribution in [2.24, 2.45) is 0 Å². The predicted molar refractivity (Wildman–Crippen MR) is 83.4 cm³/mol. The summed E-state index contributed by atoms with van der Waals surface area (Å²) in [6, 6.07) is 13.5. The van der Waals surface area contributed by atoms with Gasteiger partial charge < -0.3 is 9.52 Å². The molecule has 4 nitrogen and oxygen atoms in total. The van der Waals surface area contributed by atoms with Crippen molar-refractivity contribution in [3.63, 3.8) is 0 Å². The lowest BCUT2D eigenvalue weighted by Gasteiger charge is -2.07. The number of aromatic hydroxyl groups is 1. The maximum Gasteiger partial charge on any atom is 0.237 e. The van der Waals surface area contributed by atoms with Gasteiger partial charge in [-0.3, -0.25) is 9.59 Å². The number of hydrogen-bond acceptors (Lipinski definition) is 4. The topological polar surface area (TPSA) is 67.5 Å². The zero-order valence-electron chi connectivity index (χ0n) is 12.0. The Hall–Kier alpha value is -2.88. The molecule has 0 aliphatic heterocycles. The van der Waals surface area contributed by atoms with E-state index in [0.29, 0.717) is 0 Å². The van der Waals surface area contributed by atoms with Crippen molar-refractivity contribution in [1.29, 1.82) is 0 Å². The number of rotatable bonds is 3. The second kappa shape index (κ2) is 5.48. The number of aryl methyl sites for hydroxylation is 1. The summed E-state index contributed by atoms with van der Waals surface area (Å²) in [5.41, 5.74) is 0.0622. The Labute approximate surface area is 126 Å². The monoisotopic (exact) mass is 294 g/mol. The number of carbonyl (C=O) groups excluding carboxylic acids is 1. The average Bonchev–Trinajstić information content (AvgIpc) is 2.52. The maximum atomic E-state index is 12.5. The van der Waals surface area contributed by atoms with Crippen LogP contribution in [-0.4, -0.2) is 10.9 Å². The molecule has 1 aromatic heterocycles. The van der Waals surface area contributed by atoms with Crippen LogP contribution in [-0.2, 0) is 6.42 Å². The summed E-state index contributed by atoms with van der Waals surface area (Å²) in [5.74, 6) is -0.696. The van der Waals surface area contributed by atoms with Gasteiger partial charge in [-0.15, -0.1) is 0 Å². The fourth-order valence-electron chi connectivity index (χ4n) is 2.58. The predicted octanol–water partition coefficient (Wildman–Crippen LogP) is 3.23. The van der Waals surface area contributed by atoms with E-state index in [1.807, 2.05) is 42.5 Å². The van der Waals surface area contributed by atoms with E-state index in [4.69, 9.17) is 4.42 Å². The second-order valence-electron chi connectivity index (χ2n) is 5.12. The largest absolute Gasteiger partial charge is 0.502 e. The van der Waals surface area contributed by atoms with Gasteiger partial charge in [-0.1, -0.05) is 42.5 Å². The molecule has 0 atom stereocenters. The van der Waals surface area contributed by atoms with Gasteiger partial charge in [0, 0.05) is 6.42 Å². The summed E-state index contributed by atoms with van der Waals surface area (Å²) in [6.45, 7) is 1.54. The van der Waals surface area contributed by atoms with E-state index >= 15 is 0 Å². The van der Waals surface area contributed by atoms with Gasteiger partial charge >= 0.3 is 0 Å². The normalized spacial score (nSPS) is 10.8. The van der Waals surface area contributed by atoms with Crippen LogP contribution in [0.4, 0.5) is 0 Å². The molecule has 1 N–H and O–H groups in total. The summed E-state index contributed by atoms with van der Waals surface area (Å²) < 4.78 is 5.05. The Bertz CT molecular complexity index is 917. The smallest absolute Gasteiger partial charge is 0.237 e. The molecular formula is C18H14O4. The molecule has 110 valence electrons. The third-order valence-corrected chi connectivity index (χ3v) is 3.67. The minimum atomic E-state index is -0.686. The highest BCUT2D eigenvalue weighted by molar-refractivity contribution is 6.00. The van der Waals surface area contributed by atoms with Crippen LogP contribution in [0.5, 0.6) is 5.75 Å². The molecule has 0 aliphatic rings. The number of Topliss-reactive ketones (excluding diaryl/α,β-unsaturated/α-hetero) is 1. The van der Waals surface area contributed by atoms with Crippen LogP contribution < -0.4 is 5.43 Å². The van der Waals surface area contributed by atoms with Crippen molar-refractivity contribution in [2.45, 2.75) is 13.3 Å². The number of ketones is 1. The minimum Gasteiger partial charge on any atom is -0.502 e. The molecule has 3 rings (SSSR count). The van der Waals surface area contributed by atoms with Crippen molar-refractivity contribution >= 4 is 16.6 Å². The zero-order valence-corrected chi connectivity index (χ0v) is 12.0. The van der Waals surface area contributed by atoms with Gasteiger partial charge in [-0.05, 0) is 23.3 Å². The molecular weight excluding hydrogens is 280 g/mol. The van der Waals surface area contributed by atoms with Crippen LogP contribution in [0.25, 0.3) is 10.8 Å². The number of benzene rings is 2. The Balaban J connectivity index is 2.05. The van der Waals surface area contributed by atoms with Gasteiger partial charge in [-0.25, -0.2) is 0 Å². The molecule has 0 saturated carbocycles. The lowest BCUT2D eigenvalue weighted by Crippen LogP contribution is -2.18. The van der Waals surface area contributed by atoms with Crippen molar-refractivity contribution in [2.75, 3.05) is 0 Å². The minimum absolute atomic E-state index is 0.0798. The first kappa shape index (κ1) is 14.1. The highest BCUT2D eigenvalue weighted by atomic mass is 16.4.